The molecule has 0 aliphatic carbocycles. The zero-order valence-corrected chi connectivity index (χ0v) is 11.9. The van der Waals surface area contributed by atoms with Gasteiger partial charge in [0.25, 0.3) is 0 Å². The van der Waals surface area contributed by atoms with Gasteiger partial charge >= 0.3 is 0 Å². The summed E-state index contributed by atoms with van der Waals surface area (Å²) in [5.74, 6) is -3.25. The Morgan fingerprint density at radius 1 is 1.10 bits per heavy atom. The molecule has 2 atom stereocenters. The Morgan fingerprint density at radius 3 is 2.43 bits per heavy atom. The van der Waals surface area contributed by atoms with E-state index in [9.17, 15) is 13.2 Å². The molecule has 0 amide bonds. The van der Waals surface area contributed by atoms with Crippen molar-refractivity contribution in [2.24, 2.45) is 0 Å². The summed E-state index contributed by atoms with van der Waals surface area (Å²) in [4.78, 5) is 0. The van der Waals surface area contributed by atoms with Crippen molar-refractivity contribution in [3.63, 3.8) is 0 Å². The summed E-state index contributed by atoms with van der Waals surface area (Å²) in [5, 5.41) is 0. The van der Waals surface area contributed by atoms with Gasteiger partial charge in [-0.05, 0) is 24.1 Å². The van der Waals surface area contributed by atoms with Gasteiger partial charge in [-0.2, -0.15) is 0 Å². The molecule has 2 aromatic carbocycles. The number of alkyl halides is 1. The third-order valence-electron chi connectivity index (χ3n) is 3.83. The van der Waals surface area contributed by atoms with Crippen LogP contribution in [-0.4, -0.2) is 5.88 Å². The number of hydrogen-bond acceptors (Lipinski definition) is 1. The molecule has 0 saturated carbocycles. The smallest absolute Gasteiger partial charge is 0.161 e. The van der Waals surface area contributed by atoms with E-state index in [-0.39, 0.29) is 11.4 Å². The highest BCUT2D eigenvalue weighted by atomic mass is 35.5. The zero-order chi connectivity index (χ0) is 15.2. The minimum atomic E-state index is -1.23. The summed E-state index contributed by atoms with van der Waals surface area (Å²) in [6.07, 6.45) is -0.462. The van der Waals surface area contributed by atoms with Crippen LogP contribution >= 0.6 is 11.6 Å². The van der Waals surface area contributed by atoms with Gasteiger partial charge in [-0.15, -0.1) is 11.6 Å². The van der Waals surface area contributed by atoms with Crippen molar-refractivity contribution < 1.29 is 17.9 Å². The average Bonchev–Trinajstić information content (AvgIpc) is 3.19. The fraction of sp³-hybridized carbons (Fsp3) is 0.250. The van der Waals surface area contributed by atoms with Crippen LogP contribution in [0.2, 0.25) is 0 Å². The van der Waals surface area contributed by atoms with Crippen LogP contribution in [0.15, 0.2) is 36.4 Å². The van der Waals surface area contributed by atoms with E-state index < -0.39 is 29.2 Å². The van der Waals surface area contributed by atoms with Gasteiger partial charge in [0.2, 0.25) is 0 Å². The van der Waals surface area contributed by atoms with Gasteiger partial charge in [-0.1, -0.05) is 24.3 Å². The molecule has 0 bridgehead atoms. The summed E-state index contributed by atoms with van der Waals surface area (Å²) >= 11 is 5.94. The molecule has 0 N–H and O–H groups in total. The van der Waals surface area contributed by atoms with Crippen LogP contribution in [0, 0.1) is 24.4 Å². The van der Waals surface area contributed by atoms with E-state index >= 15 is 0 Å². The molecule has 5 heteroatoms. The summed E-state index contributed by atoms with van der Waals surface area (Å²) in [5.41, 5.74) is 0.635. The molecular formula is C16H12ClF3O. The van der Waals surface area contributed by atoms with E-state index in [1.54, 1.807) is 0 Å². The largest absolute Gasteiger partial charge is 0.354 e. The van der Waals surface area contributed by atoms with Crippen molar-refractivity contribution >= 4 is 11.6 Å². The Morgan fingerprint density at radius 2 is 1.76 bits per heavy atom. The minimum Gasteiger partial charge on any atom is -0.354 e. The molecule has 3 rings (SSSR count). The van der Waals surface area contributed by atoms with Crippen molar-refractivity contribution in [1.29, 1.82) is 0 Å². The lowest BCUT2D eigenvalue weighted by Crippen LogP contribution is -2.16. The second kappa shape index (κ2) is 5.04. The lowest BCUT2D eigenvalue weighted by Gasteiger charge is -2.12. The quantitative estimate of drug-likeness (QED) is 0.458. The monoisotopic (exact) mass is 312 g/mol. The number of benzene rings is 2. The molecule has 1 saturated heterocycles. The number of hydrogen-bond donors (Lipinski definition) is 0. The van der Waals surface area contributed by atoms with Gasteiger partial charge in [0, 0.05) is 11.6 Å². The van der Waals surface area contributed by atoms with E-state index in [0.29, 0.717) is 6.07 Å². The first-order valence-electron chi connectivity index (χ1n) is 6.44. The van der Waals surface area contributed by atoms with Gasteiger partial charge in [0.15, 0.2) is 11.6 Å². The average molecular weight is 313 g/mol. The third-order valence-corrected chi connectivity index (χ3v) is 4.23. The van der Waals surface area contributed by atoms with Gasteiger partial charge in [-0.25, -0.2) is 13.2 Å². The van der Waals surface area contributed by atoms with E-state index in [0.717, 1.165) is 17.2 Å². The summed E-state index contributed by atoms with van der Waals surface area (Å²) in [6, 6.07) is 8.82. The van der Waals surface area contributed by atoms with E-state index in [1.165, 1.54) is 0 Å². The van der Waals surface area contributed by atoms with Gasteiger partial charge in [0.05, 0.1) is 5.88 Å². The second-order valence-electron chi connectivity index (χ2n) is 5.12. The molecule has 110 valence electrons. The number of ether oxygens (including phenoxy) is 1. The molecule has 0 radical (unpaired) electrons. The first-order chi connectivity index (χ1) is 9.99. The van der Waals surface area contributed by atoms with Gasteiger partial charge in [0.1, 0.15) is 17.5 Å². The second-order valence-corrected chi connectivity index (χ2v) is 5.39. The zero-order valence-electron chi connectivity index (χ0n) is 11.2. The maximum atomic E-state index is 14.0. The van der Waals surface area contributed by atoms with Crippen LogP contribution in [0.4, 0.5) is 13.2 Å². The van der Waals surface area contributed by atoms with Gasteiger partial charge < -0.3 is 4.74 Å². The van der Waals surface area contributed by atoms with Crippen LogP contribution in [-0.2, 0) is 10.3 Å². The van der Waals surface area contributed by atoms with E-state index in [1.807, 2.05) is 31.2 Å². The topological polar surface area (TPSA) is 12.5 Å². The van der Waals surface area contributed by atoms with Crippen molar-refractivity contribution in [2.75, 3.05) is 5.88 Å². The Labute approximate surface area is 125 Å². The highest BCUT2D eigenvalue weighted by Gasteiger charge is 2.59. The van der Waals surface area contributed by atoms with Crippen molar-refractivity contribution in [2.45, 2.75) is 18.6 Å². The summed E-state index contributed by atoms with van der Waals surface area (Å²) < 4.78 is 46.1. The molecule has 21 heavy (non-hydrogen) atoms. The predicted octanol–water partition coefficient (Wildman–Crippen LogP) is 4.62. The predicted molar refractivity (Wildman–Crippen MR) is 73.7 cm³/mol. The molecule has 1 nitrogen and oxygen atoms in total. The Kier molecular flexibility index (Phi) is 3.46. The number of rotatable bonds is 3. The molecule has 2 aromatic rings. The van der Waals surface area contributed by atoms with Crippen LogP contribution < -0.4 is 0 Å². The Balaban J connectivity index is 2.05. The third kappa shape index (κ3) is 2.23. The lowest BCUT2D eigenvalue weighted by atomic mass is 9.91. The number of aryl methyl sites for hydroxylation is 1. The van der Waals surface area contributed by atoms with E-state index in [2.05, 4.69) is 0 Å². The summed E-state index contributed by atoms with van der Waals surface area (Å²) in [6.45, 7) is 1.90. The number of epoxide rings is 1. The van der Waals surface area contributed by atoms with E-state index in [4.69, 9.17) is 16.3 Å². The molecule has 0 spiro atoms. The van der Waals surface area contributed by atoms with Crippen LogP contribution in [0.25, 0.3) is 0 Å². The normalized spacial score (nSPS) is 24.1. The highest BCUT2D eigenvalue weighted by Crippen LogP contribution is 2.58. The lowest BCUT2D eigenvalue weighted by molar-refractivity contribution is 0.308. The van der Waals surface area contributed by atoms with Crippen molar-refractivity contribution in [3.8, 4) is 0 Å². The fourth-order valence-electron chi connectivity index (χ4n) is 2.60. The maximum absolute atomic E-state index is 14.0. The SMILES string of the molecule is Cc1ccccc1C1OC1(CCl)c1cc(F)c(F)cc1F. The minimum absolute atomic E-state index is 0.0476. The first-order valence-corrected chi connectivity index (χ1v) is 6.97. The Bertz CT molecular complexity index is 704. The maximum Gasteiger partial charge on any atom is 0.161 e. The molecule has 1 heterocycles. The molecular weight excluding hydrogens is 301 g/mol. The number of halogens is 4. The standard InChI is InChI=1S/C16H12ClF3O/c1-9-4-2-3-5-10(9)15-16(8-17,21-15)11-6-13(19)14(20)7-12(11)18/h2-7,15H,8H2,1H3. The highest BCUT2D eigenvalue weighted by molar-refractivity contribution is 6.18. The molecule has 1 fully saturated rings. The van der Waals surface area contributed by atoms with Crippen LogP contribution in [0.3, 0.4) is 0 Å². The van der Waals surface area contributed by atoms with Crippen LogP contribution in [0.1, 0.15) is 22.8 Å². The fourth-order valence-corrected chi connectivity index (χ4v) is 2.94. The van der Waals surface area contributed by atoms with Crippen molar-refractivity contribution in [1.82, 2.24) is 0 Å². The molecule has 1 aliphatic heterocycles. The molecule has 1 aliphatic rings. The Hall–Kier alpha value is -1.52. The van der Waals surface area contributed by atoms with Crippen LogP contribution in [0.5, 0.6) is 0 Å². The molecule has 0 aromatic heterocycles. The van der Waals surface area contributed by atoms with Crippen molar-refractivity contribution in [3.05, 3.63) is 70.5 Å². The molecule has 2 unspecified atom stereocenters. The summed E-state index contributed by atoms with van der Waals surface area (Å²) in [7, 11) is 0. The van der Waals surface area contributed by atoms with Gasteiger partial charge in [-0.3, -0.25) is 0 Å². The first kappa shape index (κ1) is 14.4.